The average molecular weight is 539 g/mol. The minimum Gasteiger partial charge on any atom is -0.497 e. The maximum Gasteiger partial charge on any atom is 0.254 e. The monoisotopic (exact) mass is 538 g/mol. The first-order chi connectivity index (χ1) is 19.3. The van der Waals surface area contributed by atoms with E-state index >= 15 is 0 Å². The van der Waals surface area contributed by atoms with Crippen molar-refractivity contribution in [2.75, 3.05) is 26.6 Å². The highest BCUT2D eigenvalue weighted by atomic mass is 16.5. The Bertz CT molecular complexity index is 1520. The number of Topliss-reactive ketones (excluding diaryl/α,β-unsaturated/α-hetero) is 1. The number of allylic oxidation sites excluding steroid dienone is 3. The Morgan fingerprint density at radius 1 is 0.875 bits per heavy atom. The van der Waals surface area contributed by atoms with Crippen LogP contribution in [0.1, 0.15) is 48.3 Å². The van der Waals surface area contributed by atoms with Gasteiger partial charge in [-0.2, -0.15) is 0 Å². The van der Waals surface area contributed by atoms with Gasteiger partial charge in [0.25, 0.3) is 5.91 Å². The summed E-state index contributed by atoms with van der Waals surface area (Å²) < 4.78 is 16.2. The molecule has 0 spiro atoms. The Morgan fingerprint density at radius 2 is 1.60 bits per heavy atom. The summed E-state index contributed by atoms with van der Waals surface area (Å²) in [5.74, 6) is 1.27. The lowest BCUT2D eigenvalue weighted by Crippen LogP contribution is -2.37. The number of hydrogen-bond donors (Lipinski definition) is 2. The SMILES string of the molecule is COc1ccc(NC(=O)C2=C(C)NC3=C(C(=O)C[C@@H](c4ccc(OC)c(OC)c4)C3)[C@H]2c2ccccc2C)cc1. The number of benzene rings is 3. The molecule has 1 aliphatic heterocycles. The van der Waals surface area contributed by atoms with E-state index in [-0.39, 0.29) is 17.6 Å². The number of amides is 1. The van der Waals surface area contributed by atoms with E-state index in [1.807, 2.05) is 56.3 Å². The van der Waals surface area contributed by atoms with Crippen molar-refractivity contribution in [1.29, 1.82) is 0 Å². The first-order valence-corrected chi connectivity index (χ1v) is 13.3. The summed E-state index contributed by atoms with van der Waals surface area (Å²) in [6.45, 7) is 3.92. The molecule has 0 saturated carbocycles. The van der Waals surface area contributed by atoms with Crippen LogP contribution in [-0.2, 0) is 9.59 Å². The van der Waals surface area contributed by atoms with Crippen molar-refractivity contribution < 1.29 is 23.8 Å². The number of anilines is 1. The standard InChI is InChI=1S/C33H34N2O5/c1-19-8-6-7-9-25(19)31-30(33(37)35-23-11-13-24(38-3)14-12-23)20(2)34-26-16-22(17-27(36)32(26)31)21-10-15-28(39-4)29(18-21)40-5/h6-15,18,22,31,34H,16-17H2,1-5H3,(H,35,37)/t22-,31-/m0/s1. The van der Waals surface area contributed by atoms with Crippen molar-refractivity contribution in [2.45, 2.75) is 38.5 Å². The summed E-state index contributed by atoms with van der Waals surface area (Å²) in [6.07, 6.45) is 0.981. The number of rotatable bonds is 7. The Labute approximate surface area is 234 Å². The zero-order valence-corrected chi connectivity index (χ0v) is 23.5. The Morgan fingerprint density at radius 3 is 2.27 bits per heavy atom. The van der Waals surface area contributed by atoms with Gasteiger partial charge in [0, 0.05) is 40.6 Å². The topological polar surface area (TPSA) is 85.9 Å². The summed E-state index contributed by atoms with van der Waals surface area (Å²) in [7, 11) is 4.81. The fraction of sp³-hybridized carbons (Fsp3) is 0.273. The Hall–Kier alpha value is -4.52. The molecule has 3 aromatic rings. The molecule has 2 aliphatic rings. The molecule has 0 bridgehead atoms. The van der Waals surface area contributed by atoms with Crippen LogP contribution in [0.2, 0.25) is 0 Å². The van der Waals surface area contributed by atoms with Crippen LogP contribution in [-0.4, -0.2) is 33.0 Å². The highest BCUT2D eigenvalue weighted by Crippen LogP contribution is 2.47. The fourth-order valence-corrected chi connectivity index (χ4v) is 5.78. The molecule has 40 heavy (non-hydrogen) atoms. The van der Waals surface area contributed by atoms with Gasteiger partial charge in [0.1, 0.15) is 5.75 Å². The van der Waals surface area contributed by atoms with Gasteiger partial charge in [-0.25, -0.2) is 0 Å². The van der Waals surface area contributed by atoms with Crippen LogP contribution in [0.25, 0.3) is 0 Å². The molecule has 0 saturated heterocycles. The number of hydrogen-bond acceptors (Lipinski definition) is 6. The first kappa shape index (κ1) is 27.1. The molecule has 1 aliphatic carbocycles. The van der Waals surface area contributed by atoms with E-state index in [4.69, 9.17) is 14.2 Å². The van der Waals surface area contributed by atoms with Gasteiger partial charge < -0.3 is 24.8 Å². The molecule has 206 valence electrons. The lowest BCUT2D eigenvalue weighted by molar-refractivity contribution is -0.116. The Balaban J connectivity index is 1.53. The van der Waals surface area contributed by atoms with Crippen LogP contribution in [0.3, 0.4) is 0 Å². The van der Waals surface area contributed by atoms with Gasteiger partial charge in [0.05, 0.1) is 21.3 Å². The van der Waals surface area contributed by atoms with Gasteiger partial charge in [-0.1, -0.05) is 30.3 Å². The number of ether oxygens (including phenoxy) is 3. The summed E-state index contributed by atoms with van der Waals surface area (Å²) in [4.78, 5) is 27.8. The van der Waals surface area contributed by atoms with E-state index in [0.717, 1.165) is 28.1 Å². The molecular weight excluding hydrogens is 504 g/mol. The van der Waals surface area contributed by atoms with E-state index in [9.17, 15) is 9.59 Å². The quantitative estimate of drug-likeness (QED) is 0.383. The van der Waals surface area contributed by atoms with E-state index in [1.165, 1.54) is 0 Å². The predicted octanol–water partition coefficient (Wildman–Crippen LogP) is 6.02. The van der Waals surface area contributed by atoms with E-state index in [0.29, 0.717) is 46.9 Å². The van der Waals surface area contributed by atoms with Gasteiger partial charge in [0.15, 0.2) is 17.3 Å². The predicted molar refractivity (Wildman–Crippen MR) is 155 cm³/mol. The number of nitrogens with one attached hydrogen (secondary N) is 2. The van der Waals surface area contributed by atoms with Crippen LogP contribution in [0.5, 0.6) is 17.2 Å². The average Bonchev–Trinajstić information content (AvgIpc) is 2.96. The summed E-state index contributed by atoms with van der Waals surface area (Å²) >= 11 is 0. The first-order valence-electron chi connectivity index (χ1n) is 13.3. The molecule has 0 unspecified atom stereocenters. The van der Waals surface area contributed by atoms with Crippen LogP contribution in [0, 0.1) is 6.92 Å². The molecule has 1 heterocycles. The molecule has 7 nitrogen and oxygen atoms in total. The van der Waals surface area contributed by atoms with Crippen LogP contribution in [0.4, 0.5) is 5.69 Å². The van der Waals surface area contributed by atoms with Gasteiger partial charge in [-0.3, -0.25) is 9.59 Å². The molecule has 5 rings (SSSR count). The highest BCUT2D eigenvalue weighted by molar-refractivity contribution is 6.10. The molecule has 3 aromatic carbocycles. The number of aryl methyl sites for hydroxylation is 1. The number of ketones is 1. The normalized spacial score (nSPS) is 18.6. The number of methoxy groups -OCH3 is 3. The molecular formula is C33H34N2O5. The zero-order valence-electron chi connectivity index (χ0n) is 23.5. The van der Waals surface area contributed by atoms with Crippen LogP contribution >= 0.6 is 0 Å². The van der Waals surface area contributed by atoms with Crippen molar-refractivity contribution in [2.24, 2.45) is 0 Å². The summed E-state index contributed by atoms with van der Waals surface area (Å²) in [5.41, 5.74) is 6.45. The smallest absolute Gasteiger partial charge is 0.254 e. The molecule has 2 N–H and O–H groups in total. The minimum atomic E-state index is -0.477. The van der Waals surface area contributed by atoms with Gasteiger partial charge >= 0.3 is 0 Å². The third-order valence-corrected chi connectivity index (χ3v) is 7.80. The van der Waals surface area contributed by atoms with Gasteiger partial charge in [0.2, 0.25) is 0 Å². The van der Waals surface area contributed by atoms with Crippen molar-refractivity contribution in [1.82, 2.24) is 5.32 Å². The largest absolute Gasteiger partial charge is 0.497 e. The van der Waals surface area contributed by atoms with E-state index in [2.05, 4.69) is 10.6 Å². The van der Waals surface area contributed by atoms with Crippen molar-refractivity contribution in [3.8, 4) is 17.2 Å². The maximum absolute atomic E-state index is 14.0. The second-order valence-electron chi connectivity index (χ2n) is 10.2. The van der Waals surface area contributed by atoms with Crippen molar-refractivity contribution in [3.63, 3.8) is 0 Å². The molecule has 1 amide bonds. The van der Waals surface area contributed by atoms with Crippen LogP contribution in [0.15, 0.2) is 89.3 Å². The highest BCUT2D eigenvalue weighted by Gasteiger charge is 2.41. The molecule has 7 heteroatoms. The molecule has 0 aromatic heterocycles. The van der Waals surface area contributed by atoms with E-state index < -0.39 is 5.92 Å². The summed E-state index contributed by atoms with van der Waals surface area (Å²) in [6, 6.07) is 21.0. The van der Waals surface area contributed by atoms with Crippen molar-refractivity contribution in [3.05, 3.63) is 106 Å². The molecule has 0 radical (unpaired) electrons. The van der Waals surface area contributed by atoms with E-state index in [1.54, 1.807) is 45.6 Å². The van der Waals surface area contributed by atoms with Crippen LogP contribution < -0.4 is 24.8 Å². The van der Waals surface area contributed by atoms with Gasteiger partial charge in [-0.05, 0) is 79.3 Å². The number of dihydropyridines is 1. The summed E-state index contributed by atoms with van der Waals surface area (Å²) in [5, 5.41) is 6.48. The Kier molecular flexibility index (Phi) is 7.65. The van der Waals surface area contributed by atoms with Gasteiger partial charge in [-0.15, -0.1) is 0 Å². The fourth-order valence-electron chi connectivity index (χ4n) is 5.78. The lowest BCUT2D eigenvalue weighted by Gasteiger charge is -2.37. The molecule has 0 fully saturated rings. The second-order valence-corrected chi connectivity index (χ2v) is 10.2. The lowest BCUT2D eigenvalue weighted by atomic mass is 9.71. The number of carbonyl (C=O) groups excluding carboxylic acids is 2. The maximum atomic E-state index is 14.0. The molecule has 2 atom stereocenters. The zero-order chi connectivity index (χ0) is 28.4. The minimum absolute atomic E-state index is 0.0291. The third kappa shape index (κ3) is 5.07. The third-order valence-electron chi connectivity index (χ3n) is 7.80. The van der Waals surface area contributed by atoms with Crippen molar-refractivity contribution >= 4 is 17.4 Å². The number of carbonyl (C=O) groups is 2. The second kappa shape index (κ2) is 11.3.